The van der Waals surface area contributed by atoms with Crippen LogP contribution in [0.4, 0.5) is 12.9 Å². The average Bonchev–Trinajstić information content (AvgIpc) is 2.01. The summed E-state index contributed by atoms with van der Waals surface area (Å²) in [6, 6.07) is 3.05. The minimum absolute atomic E-state index is 0.332. The fraction of sp³-hybridized carbons (Fsp3) is 0. The molecule has 2 N–H and O–H groups in total. The van der Waals surface area contributed by atoms with Crippen LogP contribution >= 0.6 is 0 Å². The summed E-state index contributed by atoms with van der Waals surface area (Å²) in [6.45, 7) is -5.09. The summed E-state index contributed by atoms with van der Waals surface area (Å²) in [7, 11) is -3.93. The molecule has 0 bridgehead atoms. The molecule has 0 amide bonds. The molecule has 1 aromatic rings. The molecule has 0 aliphatic heterocycles. The van der Waals surface area contributed by atoms with Crippen molar-refractivity contribution in [2.45, 2.75) is 4.90 Å². The Bertz CT molecular complexity index is 425. The molecule has 0 aromatic heterocycles. The Kier molecular flexibility index (Phi) is 2.59. The predicted molar refractivity (Wildman–Crippen MR) is 46.5 cm³/mol. The van der Waals surface area contributed by atoms with E-state index >= 15 is 0 Å². The van der Waals surface area contributed by atoms with Gasteiger partial charge in [0.25, 0.3) is 0 Å². The minimum Gasteiger partial charge on any atom is -0.445 e. The van der Waals surface area contributed by atoms with E-state index in [2.05, 4.69) is 0 Å². The third kappa shape index (κ3) is 2.49. The van der Waals surface area contributed by atoms with Crippen LogP contribution in [0.3, 0.4) is 0 Å². The van der Waals surface area contributed by atoms with Crippen LogP contribution in [-0.2, 0) is 10.0 Å². The van der Waals surface area contributed by atoms with Crippen LogP contribution in [0.2, 0.25) is 0 Å². The Hall–Kier alpha value is -1.02. The Morgan fingerprint density at radius 2 is 1.50 bits per heavy atom. The van der Waals surface area contributed by atoms with Gasteiger partial charge in [-0.15, -0.1) is 5.46 Å². The number of nitrogens with two attached hydrogens (primary N) is 1. The monoisotopic (exact) mass is 224 g/mol. The predicted octanol–water partition coefficient (Wildman–Crippen LogP) is 0.388. The van der Waals surface area contributed by atoms with Crippen molar-refractivity contribution in [2.75, 3.05) is 0 Å². The van der Waals surface area contributed by atoms with Gasteiger partial charge in [0, 0.05) is 0 Å². The average molecular weight is 224 g/mol. The van der Waals surface area contributed by atoms with Crippen LogP contribution in [0.1, 0.15) is 0 Å². The summed E-state index contributed by atoms with van der Waals surface area (Å²) in [6.07, 6.45) is 0. The van der Waals surface area contributed by atoms with Crippen molar-refractivity contribution in [3.63, 3.8) is 0 Å². The molecule has 8 heteroatoms. The quantitative estimate of drug-likeness (QED) is 0.738. The first-order chi connectivity index (χ1) is 6.21. The lowest BCUT2D eigenvalue weighted by Crippen LogP contribution is -2.33. The largest absolute Gasteiger partial charge is 0.509 e. The summed E-state index contributed by atoms with van der Waals surface area (Å²) in [5.74, 6) is 0. The highest BCUT2D eigenvalue weighted by Crippen LogP contribution is 2.11. The second kappa shape index (κ2) is 3.28. The lowest BCUT2D eigenvalue weighted by molar-refractivity contribution is 0.501. The number of halogens is 3. The van der Waals surface area contributed by atoms with Crippen molar-refractivity contribution in [1.29, 1.82) is 0 Å². The number of hydrogen-bond donors (Lipinski definition) is 1. The molecule has 0 spiro atoms. The molecule has 0 saturated heterocycles. The van der Waals surface area contributed by atoms with Crippen molar-refractivity contribution in [3.8, 4) is 0 Å². The first-order valence-corrected chi connectivity index (χ1v) is 5.08. The number of benzene rings is 1. The molecule has 0 unspecified atom stereocenters. The summed E-state index contributed by atoms with van der Waals surface area (Å²) in [4.78, 5) is -0.332. The second-order valence-corrected chi connectivity index (χ2v) is 4.25. The van der Waals surface area contributed by atoms with Crippen LogP contribution in [0.25, 0.3) is 0 Å². The van der Waals surface area contributed by atoms with Gasteiger partial charge in [0.05, 0.1) is 4.90 Å². The normalized spacial score (nSPS) is 12.9. The van der Waals surface area contributed by atoms with Crippen molar-refractivity contribution < 1.29 is 21.4 Å². The summed E-state index contributed by atoms with van der Waals surface area (Å²) >= 11 is 0. The van der Waals surface area contributed by atoms with Gasteiger partial charge in [-0.05, 0) is 12.1 Å². The standard InChI is InChI=1S/C6H6BF3NO2S/c8-7(9,10)5-1-3-6(4-2-5)14(11,12)13/h1-4H,(H2,11,12,13)/q-1. The highest BCUT2D eigenvalue weighted by Gasteiger charge is 2.25. The Balaban J connectivity index is 3.14. The Morgan fingerprint density at radius 3 is 1.79 bits per heavy atom. The lowest BCUT2D eigenvalue weighted by Gasteiger charge is -2.14. The number of hydrogen-bond acceptors (Lipinski definition) is 2. The van der Waals surface area contributed by atoms with Crippen LogP contribution in [0, 0.1) is 0 Å². The molecule has 0 fully saturated rings. The molecule has 0 heterocycles. The van der Waals surface area contributed by atoms with E-state index in [1.54, 1.807) is 0 Å². The van der Waals surface area contributed by atoms with E-state index in [1.165, 1.54) is 0 Å². The van der Waals surface area contributed by atoms with E-state index in [4.69, 9.17) is 5.14 Å². The van der Waals surface area contributed by atoms with Gasteiger partial charge in [-0.3, -0.25) is 0 Å². The van der Waals surface area contributed by atoms with E-state index in [9.17, 15) is 21.4 Å². The molecule has 78 valence electrons. The highest BCUT2D eigenvalue weighted by molar-refractivity contribution is 7.89. The zero-order valence-electron chi connectivity index (χ0n) is 6.82. The molecule has 0 radical (unpaired) electrons. The topological polar surface area (TPSA) is 60.2 Å². The van der Waals surface area contributed by atoms with E-state index in [0.29, 0.717) is 12.1 Å². The highest BCUT2D eigenvalue weighted by atomic mass is 32.2. The van der Waals surface area contributed by atoms with Crippen LogP contribution in [0.15, 0.2) is 29.2 Å². The van der Waals surface area contributed by atoms with Gasteiger partial charge in [0.1, 0.15) is 0 Å². The molecule has 0 saturated carbocycles. The van der Waals surface area contributed by atoms with Crippen LogP contribution in [-0.4, -0.2) is 15.4 Å². The van der Waals surface area contributed by atoms with Gasteiger partial charge in [0.15, 0.2) is 0 Å². The van der Waals surface area contributed by atoms with Crippen molar-refractivity contribution >= 4 is 22.5 Å². The molecule has 1 rings (SSSR count). The molecular weight excluding hydrogens is 218 g/mol. The lowest BCUT2D eigenvalue weighted by atomic mass is 9.80. The van der Waals surface area contributed by atoms with E-state index < -0.39 is 22.5 Å². The number of primary sulfonamides is 1. The minimum atomic E-state index is -5.09. The van der Waals surface area contributed by atoms with Crippen molar-refractivity contribution in [3.05, 3.63) is 24.3 Å². The maximum Gasteiger partial charge on any atom is 0.509 e. The second-order valence-electron chi connectivity index (χ2n) is 2.69. The van der Waals surface area contributed by atoms with E-state index in [1.807, 2.05) is 0 Å². The molecular formula is C6H6BF3NO2S-. The maximum absolute atomic E-state index is 12.1. The molecule has 3 nitrogen and oxygen atoms in total. The first-order valence-electron chi connectivity index (χ1n) is 3.54. The number of sulfonamides is 1. The zero-order valence-corrected chi connectivity index (χ0v) is 7.64. The van der Waals surface area contributed by atoms with E-state index in [-0.39, 0.29) is 4.90 Å². The summed E-state index contributed by atoms with van der Waals surface area (Å²) in [5.41, 5.74) is -0.850. The molecule has 1 aromatic carbocycles. The van der Waals surface area contributed by atoms with Gasteiger partial charge >= 0.3 is 6.98 Å². The zero-order chi connectivity index (χ0) is 11.0. The van der Waals surface area contributed by atoms with Gasteiger partial charge in [-0.25, -0.2) is 13.6 Å². The molecule has 0 atom stereocenters. The van der Waals surface area contributed by atoms with Crippen molar-refractivity contribution in [2.24, 2.45) is 5.14 Å². The first kappa shape index (κ1) is 11.1. The van der Waals surface area contributed by atoms with Gasteiger partial charge in [-0.2, -0.15) is 0 Å². The molecule has 0 aliphatic rings. The fourth-order valence-electron chi connectivity index (χ4n) is 0.876. The van der Waals surface area contributed by atoms with E-state index in [0.717, 1.165) is 12.1 Å². The van der Waals surface area contributed by atoms with Gasteiger partial charge in [-0.1, -0.05) is 12.1 Å². The smallest absolute Gasteiger partial charge is 0.445 e. The SMILES string of the molecule is NS(=O)(=O)c1ccc([B-](F)(F)F)cc1. The Morgan fingerprint density at radius 1 is 1.07 bits per heavy atom. The number of rotatable bonds is 2. The van der Waals surface area contributed by atoms with Crippen molar-refractivity contribution in [1.82, 2.24) is 0 Å². The fourth-order valence-corrected chi connectivity index (χ4v) is 1.39. The third-order valence-corrected chi connectivity index (χ3v) is 2.52. The van der Waals surface area contributed by atoms with Gasteiger partial charge in [0.2, 0.25) is 10.0 Å². The third-order valence-electron chi connectivity index (χ3n) is 1.59. The molecule has 0 aliphatic carbocycles. The summed E-state index contributed by atoms with van der Waals surface area (Å²) < 4.78 is 57.7. The maximum atomic E-state index is 12.1. The molecule has 14 heavy (non-hydrogen) atoms. The van der Waals surface area contributed by atoms with Crippen LogP contribution in [0.5, 0.6) is 0 Å². The summed E-state index contributed by atoms with van der Waals surface area (Å²) in [5, 5.41) is 4.71. The van der Waals surface area contributed by atoms with Crippen LogP contribution < -0.4 is 10.6 Å². The Labute approximate surface area is 78.8 Å². The van der Waals surface area contributed by atoms with Gasteiger partial charge < -0.3 is 12.9 Å².